The molecule has 0 bridgehead atoms. The molecule has 2 saturated carbocycles. The van der Waals surface area contributed by atoms with Crippen molar-refractivity contribution < 1.29 is 9.90 Å². The summed E-state index contributed by atoms with van der Waals surface area (Å²) in [6.07, 6.45) is 8.25. The molecule has 2 aromatic heterocycles. The van der Waals surface area contributed by atoms with Gasteiger partial charge in [-0.15, -0.1) is 0 Å². The largest absolute Gasteiger partial charge is 0.393 e. The highest BCUT2D eigenvalue weighted by atomic mass is 35.5. The Bertz CT molecular complexity index is 1270. The van der Waals surface area contributed by atoms with Crippen molar-refractivity contribution >= 4 is 69.5 Å². The van der Waals surface area contributed by atoms with Gasteiger partial charge < -0.3 is 21.5 Å². The number of nitrogens with zero attached hydrogens (tertiary/aromatic N) is 4. The molecule has 0 aliphatic heterocycles. The van der Waals surface area contributed by atoms with E-state index in [9.17, 15) is 9.90 Å². The van der Waals surface area contributed by atoms with Crippen LogP contribution in [0.2, 0.25) is 15.1 Å². The minimum Gasteiger partial charge on any atom is -0.393 e. The number of primary amides is 1. The van der Waals surface area contributed by atoms with E-state index in [0.29, 0.717) is 63.2 Å². The molecule has 0 radical (unpaired) electrons. The Balaban J connectivity index is 1.48. The lowest BCUT2D eigenvalue weighted by Crippen LogP contribution is -2.30. The van der Waals surface area contributed by atoms with Crippen LogP contribution in [0.5, 0.6) is 0 Å². The molecule has 9 nitrogen and oxygen atoms in total. The Labute approximate surface area is 230 Å². The number of benzene rings is 1. The van der Waals surface area contributed by atoms with Crippen LogP contribution < -0.4 is 16.4 Å². The molecule has 2 fully saturated rings. The molecule has 12 heteroatoms. The van der Waals surface area contributed by atoms with E-state index < -0.39 is 0 Å². The standard InChI is InChI=1S/C25H30Cl3N7O2/c26-15-9-17(27)21(18(28)10-15)33-25-32-19-12-31-24(30-11-14-3-1-2-4-20(14)36)34-23(19)35(25)16-7-5-13(6-8-16)22(29)37/h9-10,12-14,16,20,36H,1-8,11H2,(H2,29,37)(H,32,33)(H,30,31,34)/t13?,14-,16?,20+/m0/s1. The Morgan fingerprint density at radius 2 is 1.76 bits per heavy atom. The minimum atomic E-state index is -0.305. The molecule has 0 spiro atoms. The Kier molecular flexibility index (Phi) is 7.95. The maximum Gasteiger partial charge on any atom is 0.224 e. The second-order valence-electron chi connectivity index (χ2n) is 9.98. The third-order valence-electron chi connectivity index (χ3n) is 7.53. The van der Waals surface area contributed by atoms with Crippen LogP contribution in [0.4, 0.5) is 17.6 Å². The minimum absolute atomic E-state index is 0.0378. The molecule has 198 valence electrons. The highest BCUT2D eigenvalue weighted by molar-refractivity contribution is 6.41. The summed E-state index contributed by atoms with van der Waals surface area (Å²) < 4.78 is 2.04. The van der Waals surface area contributed by atoms with Gasteiger partial charge in [-0.1, -0.05) is 47.6 Å². The number of halogens is 3. The lowest BCUT2D eigenvalue weighted by Gasteiger charge is -2.29. The van der Waals surface area contributed by atoms with Crippen molar-refractivity contribution in [2.75, 3.05) is 17.2 Å². The molecule has 2 atom stereocenters. The highest BCUT2D eigenvalue weighted by Crippen LogP contribution is 2.40. The van der Waals surface area contributed by atoms with Crippen molar-refractivity contribution in [3.63, 3.8) is 0 Å². The zero-order valence-corrected chi connectivity index (χ0v) is 22.5. The Morgan fingerprint density at radius 3 is 2.43 bits per heavy atom. The predicted molar refractivity (Wildman–Crippen MR) is 147 cm³/mol. The summed E-state index contributed by atoms with van der Waals surface area (Å²) in [4.78, 5) is 25.8. The molecular formula is C25H30Cl3N7O2. The van der Waals surface area contributed by atoms with Crippen LogP contribution in [0.3, 0.4) is 0 Å². The van der Waals surface area contributed by atoms with Gasteiger partial charge in [0.05, 0.1) is 28.0 Å². The van der Waals surface area contributed by atoms with E-state index in [1.807, 2.05) is 4.57 Å². The number of anilines is 3. The lowest BCUT2D eigenvalue weighted by atomic mass is 9.85. The molecule has 2 heterocycles. The number of aromatic nitrogens is 4. The number of hydrogen-bond acceptors (Lipinski definition) is 7. The monoisotopic (exact) mass is 565 g/mol. The lowest BCUT2D eigenvalue weighted by molar-refractivity contribution is -0.122. The van der Waals surface area contributed by atoms with Crippen LogP contribution in [0.25, 0.3) is 11.2 Å². The number of amides is 1. The zero-order chi connectivity index (χ0) is 26.1. The van der Waals surface area contributed by atoms with Crippen LogP contribution >= 0.6 is 34.8 Å². The molecule has 37 heavy (non-hydrogen) atoms. The number of nitrogens with one attached hydrogen (secondary N) is 2. The van der Waals surface area contributed by atoms with Crippen molar-refractivity contribution in [1.82, 2.24) is 19.5 Å². The number of rotatable bonds is 7. The van der Waals surface area contributed by atoms with Gasteiger partial charge >= 0.3 is 0 Å². The summed E-state index contributed by atoms with van der Waals surface area (Å²) in [5.41, 5.74) is 7.33. The van der Waals surface area contributed by atoms with Gasteiger partial charge in [-0.25, -0.2) is 9.97 Å². The van der Waals surface area contributed by atoms with E-state index >= 15 is 0 Å². The van der Waals surface area contributed by atoms with Crippen molar-refractivity contribution in [3.05, 3.63) is 33.4 Å². The Hall–Kier alpha value is -2.33. The fourth-order valence-electron chi connectivity index (χ4n) is 5.45. The Morgan fingerprint density at radius 1 is 1.05 bits per heavy atom. The van der Waals surface area contributed by atoms with E-state index in [-0.39, 0.29) is 29.9 Å². The first-order chi connectivity index (χ1) is 17.8. The molecule has 0 unspecified atom stereocenters. The van der Waals surface area contributed by atoms with Gasteiger partial charge in [-0.3, -0.25) is 9.36 Å². The van der Waals surface area contributed by atoms with E-state index in [2.05, 4.69) is 15.6 Å². The second kappa shape index (κ2) is 11.2. The first kappa shape index (κ1) is 26.3. The van der Waals surface area contributed by atoms with Crippen molar-refractivity contribution in [1.29, 1.82) is 0 Å². The quantitative estimate of drug-likeness (QED) is 0.288. The van der Waals surface area contributed by atoms with E-state index in [1.165, 1.54) is 0 Å². The van der Waals surface area contributed by atoms with Gasteiger partial charge in [-0.2, -0.15) is 4.98 Å². The molecule has 3 aromatic rings. The van der Waals surface area contributed by atoms with Gasteiger partial charge in [0.2, 0.25) is 17.8 Å². The molecular weight excluding hydrogens is 537 g/mol. The zero-order valence-electron chi connectivity index (χ0n) is 20.3. The third-order valence-corrected chi connectivity index (χ3v) is 8.35. The van der Waals surface area contributed by atoms with E-state index in [1.54, 1.807) is 18.3 Å². The summed E-state index contributed by atoms with van der Waals surface area (Å²) >= 11 is 19.0. The molecule has 2 aliphatic carbocycles. The predicted octanol–water partition coefficient (Wildman–Crippen LogP) is 5.71. The first-order valence-corrected chi connectivity index (χ1v) is 13.8. The second-order valence-corrected chi connectivity index (χ2v) is 11.2. The maximum absolute atomic E-state index is 11.7. The molecule has 0 saturated heterocycles. The number of fused-ring (bicyclic) bond motifs is 1. The van der Waals surface area contributed by atoms with E-state index in [0.717, 1.165) is 38.5 Å². The van der Waals surface area contributed by atoms with Crippen LogP contribution in [0.1, 0.15) is 57.4 Å². The fraction of sp³-hybridized carbons (Fsp3) is 0.520. The molecule has 1 amide bonds. The van der Waals surface area contributed by atoms with Crippen LogP contribution in [0.15, 0.2) is 18.3 Å². The number of aliphatic hydroxyl groups is 1. The average Bonchev–Trinajstić information content (AvgIpc) is 3.23. The normalized spacial score (nSPS) is 24.2. The molecule has 5 N–H and O–H groups in total. The van der Waals surface area contributed by atoms with Crippen molar-refractivity contribution in [2.45, 2.75) is 63.5 Å². The number of carbonyl (C=O) groups excluding carboxylic acids is 1. The van der Waals surface area contributed by atoms with Crippen molar-refractivity contribution in [3.8, 4) is 0 Å². The van der Waals surface area contributed by atoms with Crippen molar-refractivity contribution in [2.24, 2.45) is 17.6 Å². The fourth-order valence-corrected chi connectivity index (χ4v) is 6.36. The summed E-state index contributed by atoms with van der Waals surface area (Å²) in [5, 5.41) is 18.1. The number of hydrogen-bond donors (Lipinski definition) is 4. The van der Waals surface area contributed by atoms with Gasteiger partial charge in [0, 0.05) is 29.4 Å². The van der Waals surface area contributed by atoms with Gasteiger partial charge in [0.1, 0.15) is 5.52 Å². The van der Waals surface area contributed by atoms with Crippen LogP contribution in [-0.4, -0.2) is 43.2 Å². The van der Waals surface area contributed by atoms with Gasteiger partial charge in [-0.05, 0) is 50.7 Å². The summed E-state index contributed by atoms with van der Waals surface area (Å²) in [6, 6.07) is 3.27. The molecule has 1 aromatic carbocycles. The average molecular weight is 567 g/mol. The topological polar surface area (TPSA) is 131 Å². The number of carbonyl (C=O) groups is 1. The van der Waals surface area contributed by atoms with Crippen LogP contribution in [-0.2, 0) is 4.79 Å². The highest BCUT2D eigenvalue weighted by Gasteiger charge is 2.30. The SMILES string of the molecule is NC(=O)C1CCC(n2c(Nc3c(Cl)cc(Cl)cc3Cl)nc3cnc(NC[C@@H]4CCCC[C@H]4O)nc32)CC1. The molecule has 5 rings (SSSR count). The smallest absolute Gasteiger partial charge is 0.224 e. The number of aliphatic hydroxyl groups excluding tert-OH is 1. The van der Waals surface area contributed by atoms with Gasteiger partial charge in [0.15, 0.2) is 5.65 Å². The first-order valence-electron chi connectivity index (χ1n) is 12.7. The number of imidazole rings is 1. The van der Waals surface area contributed by atoms with E-state index in [4.69, 9.17) is 50.5 Å². The summed E-state index contributed by atoms with van der Waals surface area (Å²) in [5.74, 6) is 0.791. The van der Waals surface area contributed by atoms with Crippen LogP contribution in [0, 0.1) is 11.8 Å². The number of nitrogens with two attached hydrogens (primary N) is 1. The third kappa shape index (κ3) is 5.74. The molecule has 2 aliphatic rings. The summed E-state index contributed by atoms with van der Waals surface area (Å²) in [7, 11) is 0. The summed E-state index contributed by atoms with van der Waals surface area (Å²) in [6.45, 7) is 0.603. The van der Waals surface area contributed by atoms with Gasteiger partial charge in [0.25, 0.3) is 0 Å². The maximum atomic E-state index is 11.7.